The lowest BCUT2D eigenvalue weighted by Crippen LogP contribution is -2.18. The number of aliphatic hydroxyl groups is 1. The van der Waals surface area contributed by atoms with Gasteiger partial charge in [-0.25, -0.2) is 0 Å². The lowest BCUT2D eigenvalue weighted by Gasteiger charge is -2.10. The molecule has 1 N–H and O–H groups in total. The van der Waals surface area contributed by atoms with Gasteiger partial charge in [0.15, 0.2) is 0 Å². The van der Waals surface area contributed by atoms with E-state index in [9.17, 15) is 0 Å². The van der Waals surface area contributed by atoms with Gasteiger partial charge in [0, 0.05) is 0 Å². The third-order valence-electron chi connectivity index (χ3n) is 0.999. The van der Waals surface area contributed by atoms with E-state index in [2.05, 4.69) is 5.92 Å². The zero-order valence-corrected chi connectivity index (χ0v) is 4.73. The largest absolute Gasteiger partial charge is 0.378 e. The van der Waals surface area contributed by atoms with Gasteiger partial charge >= 0.3 is 0 Å². The van der Waals surface area contributed by atoms with Gasteiger partial charge in [-0.3, -0.25) is 0 Å². The summed E-state index contributed by atoms with van der Waals surface area (Å²) in [6.45, 7) is 3.47. The quantitative estimate of drug-likeness (QED) is 0.511. The van der Waals surface area contributed by atoms with Crippen LogP contribution < -0.4 is 0 Å². The molecule has 0 saturated carbocycles. The summed E-state index contributed by atoms with van der Waals surface area (Å²) in [7, 11) is 0. The Morgan fingerprint density at radius 3 is 2.12 bits per heavy atom. The minimum Gasteiger partial charge on any atom is -0.378 e. The first-order valence-electron chi connectivity index (χ1n) is 2.32. The van der Waals surface area contributed by atoms with Gasteiger partial charge in [0.1, 0.15) is 5.60 Å². The monoisotopic (exact) mass is 114 g/mol. The van der Waals surface area contributed by atoms with Gasteiger partial charge in [0.25, 0.3) is 0 Å². The molecule has 0 aromatic rings. The van der Waals surface area contributed by atoms with Crippen molar-refractivity contribution in [2.75, 3.05) is 0 Å². The second kappa shape index (κ2) is 3.51. The first-order chi connectivity index (χ1) is 3.12. The van der Waals surface area contributed by atoms with Crippen molar-refractivity contribution >= 4 is 0 Å². The van der Waals surface area contributed by atoms with Gasteiger partial charge in [-0.05, 0) is 13.3 Å². The summed E-state index contributed by atoms with van der Waals surface area (Å²) in [5.74, 6) is 2.25. The van der Waals surface area contributed by atoms with E-state index in [1.165, 1.54) is 0 Å². The third kappa shape index (κ3) is 3.70. The first kappa shape index (κ1) is 10.5. The molecule has 0 rings (SSSR count). The molecule has 0 spiro atoms. The minimum atomic E-state index is -0.889. The second-order valence-electron chi connectivity index (χ2n) is 1.77. The van der Waals surface area contributed by atoms with E-state index in [-0.39, 0.29) is 7.43 Å². The van der Waals surface area contributed by atoms with E-state index in [4.69, 9.17) is 11.5 Å². The smallest absolute Gasteiger partial charge is 0.122 e. The number of terminal acetylenes is 1. The standard InChI is InChI=1S/C6H10O.CH4/c1-4-6(3,7)5-2;/h1,7H,5H2,2-3H3;1H4. The molecule has 0 aliphatic heterocycles. The van der Waals surface area contributed by atoms with Gasteiger partial charge in [0.2, 0.25) is 0 Å². The molecule has 0 heterocycles. The molecule has 0 aliphatic rings. The molecule has 0 saturated heterocycles. The van der Waals surface area contributed by atoms with Crippen molar-refractivity contribution in [3.63, 3.8) is 0 Å². The SMILES string of the molecule is C.C#CC(C)(O)CC. The Kier molecular flexibility index (Phi) is 4.61. The summed E-state index contributed by atoms with van der Waals surface area (Å²) in [5, 5.41) is 8.90. The van der Waals surface area contributed by atoms with Crippen molar-refractivity contribution < 1.29 is 5.11 Å². The van der Waals surface area contributed by atoms with Crippen LogP contribution in [0.5, 0.6) is 0 Å². The molecule has 8 heavy (non-hydrogen) atoms. The predicted molar refractivity (Wildman–Crippen MR) is 36.5 cm³/mol. The van der Waals surface area contributed by atoms with Crippen LogP contribution >= 0.6 is 0 Å². The van der Waals surface area contributed by atoms with Gasteiger partial charge in [-0.1, -0.05) is 20.3 Å². The van der Waals surface area contributed by atoms with Crippen molar-refractivity contribution in [3.8, 4) is 12.3 Å². The summed E-state index contributed by atoms with van der Waals surface area (Å²) in [6.07, 6.45) is 5.53. The summed E-state index contributed by atoms with van der Waals surface area (Å²) in [5.41, 5.74) is -0.889. The maximum atomic E-state index is 8.90. The Balaban J connectivity index is 0. The van der Waals surface area contributed by atoms with E-state index in [1.807, 2.05) is 6.92 Å². The summed E-state index contributed by atoms with van der Waals surface area (Å²) >= 11 is 0. The van der Waals surface area contributed by atoms with Crippen LogP contribution in [0.15, 0.2) is 0 Å². The fourth-order valence-electron chi connectivity index (χ4n) is 0.102. The second-order valence-corrected chi connectivity index (χ2v) is 1.77. The highest BCUT2D eigenvalue weighted by molar-refractivity contribution is 5.03. The number of hydrogen-bond acceptors (Lipinski definition) is 1. The molecule has 1 atom stereocenters. The lowest BCUT2D eigenvalue weighted by atomic mass is 10.1. The Labute approximate surface area is 51.7 Å². The Morgan fingerprint density at radius 2 is 2.12 bits per heavy atom. The van der Waals surface area contributed by atoms with Crippen LogP contribution in [0.2, 0.25) is 0 Å². The van der Waals surface area contributed by atoms with E-state index in [1.54, 1.807) is 6.92 Å². The third-order valence-corrected chi connectivity index (χ3v) is 0.999. The van der Waals surface area contributed by atoms with Crippen LogP contribution in [-0.2, 0) is 0 Å². The molecule has 0 radical (unpaired) electrons. The fraction of sp³-hybridized carbons (Fsp3) is 0.714. The van der Waals surface area contributed by atoms with Crippen molar-refractivity contribution in [1.29, 1.82) is 0 Å². The van der Waals surface area contributed by atoms with Crippen molar-refractivity contribution in [2.24, 2.45) is 0 Å². The van der Waals surface area contributed by atoms with Crippen LogP contribution in [0.4, 0.5) is 0 Å². The zero-order valence-electron chi connectivity index (χ0n) is 4.73. The van der Waals surface area contributed by atoms with Crippen LogP contribution in [0, 0.1) is 12.3 Å². The normalized spacial score (nSPS) is 15.2. The maximum absolute atomic E-state index is 8.90. The molecule has 0 aromatic heterocycles. The van der Waals surface area contributed by atoms with Crippen LogP contribution in [0.25, 0.3) is 0 Å². The topological polar surface area (TPSA) is 20.2 Å². The van der Waals surface area contributed by atoms with E-state index in [0.29, 0.717) is 6.42 Å². The fourth-order valence-corrected chi connectivity index (χ4v) is 0.102. The Hall–Kier alpha value is -0.480. The molecule has 48 valence electrons. The average molecular weight is 114 g/mol. The summed E-state index contributed by atoms with van der Waals surface area (Å²) < 4.78 is 0. The zero-order chi connectivity index (χ0) is 5.91. The van der Waals surface area contributed by atoms with Crippen molar-refractivity contribution in [3.05, 3.63) is 0 Å². The molecular formula is C7H14O. The minimum absolute atomic E-state index is 0. The van der Waals surface area contributed by atoms with E-state index in [0.717, 1.165) is 0 Å². The molecular weight excluding hydrogens is 100 g/mol. The Bertz CT molecular complexity index is 87.1. The van der Waals surface area contributed by atoms with E-state index < -0.39 is 5.60 Å². The van der Waals surface area contributed by atoms with E-state index >= 15 is 0 Å². The molecule has 1 unspecified atom stereocenters. The molecule has 1 heteroatoms. The van der Waals surface area contributed by atoms with Gasteiger partial charge in [-0.2, -0.15) is 0 Å². The van der Waals surface area contributed by atoms with Crippen LogP contribution in [0.1, 0.15) is 27.7 Å². The number of rotatable bonds is 1. The highest BCUT2D eigenvalue weighted by Crippen LogP contribution is 2.03. The average Bonchev–Trinajstić information content (AvgIpc) is 1.68. The first-order valence-corrected chi connectivity index (χ1v) is 2.32. The molecule has 0 amide bonds. The highest BCUT2D eigenvalue weighted by atomic mass is 16.3. The number of hydrogen-bond donors (Lipinski definition) is 1. The van der Waals surface area contributed by atoms with Gasteiger partial charge < -0.3 is 5.11 Å². The summed E-state index contributed by atoms with van der Waals surface area (Å²) in [4.78, 5) is 0. The summed E-state index contributed by atoms with van der Waals surface area (Å²) in [6, 6.07) is 0. The highest BCUT2D eigenvalue weighted by Gasteiger charge is 2.10. The van der Waals surface area contributed by atoms with Crippen molar-refractivity contribution in [1.82, 2.24) is 0 Å². The molecule has 0 fully saturated rings. The maximum Gasteiger partial charge on any atom is 0.122 e. The van der Waals surface area contributed by atoms with Crippen LogP contribution in [0.3, 0.4) is 0 Å². The predicted octanol–water partition coefficient (Wildman–Crippen LogP) is 1.42. The lowest BCUT2D eigenvalue weighted by molar-refractivity contribution is 0.118. The molecule has 0 bridgehead atoms. The Morgan fingerprint density at radius 1 is 1.75 bits per heavy atom. The van der Waals surface area contributed by atoms with Crippen LogP contribution in [-0.4, -0.2) is 10.7 Å². The van der Waals surface area contributed by atoms with Gasteiger partial charge in [0.05, 0.1) is 0 Å². The molecule has 0 aromatic carbocycles. The molecule has 0 aliphatic carbocycles. The molecule has 1 nitrogen and oxygen atoms in total. The van der Waals surface area contributed by atoms with Crippen molar-refractivity contribution in [2.45, 2.75) is 33.3 Å². The van der Waals surface area contributed by atoms with Gasteiger partial charge in [-0.15, -0.1) is 6.42 Å².